The van der Waals surface area contributed by atoms with E-state index in [-0.39, 0.29) is 24.8 Å². The second kappa shape index (κ2) is 7.91. The molecule has 2 rings (SSSR count). The first kappa shape index (κ1) is 17.2. The average Bonchev–Trinajstić information content (AvgIpc) is 3.01. The van der Waals surface area contributed by atoms with Gasteiger partial charge in [-0.25, -0.2) is 4.98 Å². The zero-order chi connectivity index (χ0) is 17.5. The molecular formula is C16H19N5O3. The fourth-order valence-electron chi connectivity index (χ4n) is 2.09. The first-order valence-corrected chi connectivity index (χ1v) is 7.40. The molecule has 0 atom stereocenters. The van der Waals surface area contributed by atoms with Crippen LogP contribution in [0.2, 0.25) is 0 Å². The summed E-state index contributed by atoms with van der Waals surface area (Å²) in [5.74, 6) is -0.913. The third-order valence-corrected chi connectivity index (χ3v) is 3.24. The van der Waals surface area contributed by atoms with Crippen molar-refractivity contribution in [1.29, 1.82) is 0 Å². The minimum atomic E-state index is -0.471. The number of amides is 3. The molecule has 0 saturated carbocycles. The lowest BCUT2D eigenvalue weighted by Crippen LogP contribution is -2.28. The lowest BCUT2D eigenvalue weighted by Gasteiger charge is -2.10. The Bertz CT molecular complexity index is 754. The van der Waals surface area contributed by atoms with E-state index in [0.29, 0.717) is 23.5 Å². The number of nitrogens with two attached hydrogens (primary N) is 1. The van der Waals surface area contributed by atoms with Gasteiger partial charge < -0.3 is 20.9 Å². The van der Waals surface area contributed by atoms with E-state index in [1.54, 1.807) is 35.3 Å². The van der Waals surface area contributed by atoms with Crippen LogP contribution >= 0.6 is 0 Å². The fourth-order valence-corrected chi connectivity index (χ4v) is 2.09. The van der Waals surface area contributed by atoms with Gasteiger partial charge >= 0.3 is 0 Å². The van der Waals surface area contributed by atoms with Gasteiger partial charge in [0.25, 0.3) is 5.91 Å². The van der Waals surface area contributed by atoms with Crippen molar-refractivity contribution in [3.8, 4) is 5.69 Å². The number of hydrogen-bond acceptors (Lipinski definition) is 4. The minimum Gasteiger partial charge on any atom is -0.370 e. The highest BCUT2D eigenvalue weighted by Gasteiger charge is 2.13. The fraction of sp³-hybridized carbons (Fsp3) is 0.250. The molecule has 3 amide bonds. The molecule has 0 spiro atoms. The van der Waals surface area contributed by atoms with Crippen molar-refractivity contribution in [3.05, 3.63) is 48.0 Å². The number of rotatable bonds is 7. The van der Waals surface area contributed by atoms with E-state index in [1.807, 2.05) is 6.07 Å². The summed E-state index contributed by atoms with van der Waals surface area (Å²) >= 11 is 0. The molecule has 0 unspecified atom stereocenters. The summed E-state index contributed by atoms with van der Waals surface area (Å²) < 4.78 is 1.71. The molecule has 2 aromatic rings. The molecule has 1 heterocycles. The third kappa shape index (κ3) is 4.67. The first-order chi connectivity index (χ1) is 11.5. The van der Waals surface area contributed by atoms with Crippen LogP contribution in [0.25, 0.3) is 5.69 Å². The molecule has 24 heavy (non-hydrogen) atoms. The summed E-state index contributed by atoms with van der Waals surface area (Å²) in [6, 6.07) is 7.03. The van der Waals surface area contributed by atoms with Crippen LogP contribution in [-0.2, 0) is 16.1 Å². The van der Waals surface area contributed by atoms with Crippen molar-refractivity contribution in [2.45, 2.75) is 19.9 Å². The zero-order valence-electron chi connectivity index (χ0n) is 13.3. The van der Waals surface area contributed by atoms with Gasteiger partial charge in [-0.05, 0) is 12.1 Å². The standard InChI is InChI=1S/C16H19N5O3/c1-11(22)19-8-12-9-21(10-20-12)14-5-3-2-4-13(14)16(24)18-7-6-15(17)23/h2-5,9-10H,6-8H2,1H3,(H2,17,23)(H,18,24)(H,19,22). The van der Waals surface area contributed by atoms with Gasteiger partial charge in [0, 0.05) is 26.1 Å². The van der Waals surface area contributed by atoms with Gasteiger partial charge in [-0.15, -0.1) is 0 Å². The van der Waals surface area contributed by atoms with Crippen LogP contribution in [0.4, 0.5) is 0 Å². The zero-order valence-corrected chi connectivity index (χ0v) is 13.3. The van der Waals surface area contributed by atoms with Crippen LogP contribution < -0.4 is 16.4 Å². The van der Waals surface area contributed by atoms with Gasteiger partial charge in [0.2, 0.25) is 11.8 Å². The second-order valence-corrected chi connectivity index (χ2v) is 5.17. The lowest BCUT2D eigenvalue weighted by atomic mass is 10.1. The molecule has 8 nitrogen and oxygen atoms in total. The molecule has 0 aliphatic heterocycles. The van der Waals surface area contributed by atoms with E-state index in [4.69, 9.17) is 5.73 Å². The van der Waals surface area contributed by atoms with Crippen molar-refractivity contribution in [2.75, 3.05) is 6.54 Å². The van der Waals surface area contributed by atoms with E-state index in [0.717, 1.165) is 0 Å². The van der Waals surface area contributed by atoms with Gasteiger partial charge in [-0.2, -0.15) is 0 Å². The van der Waals surface area contributed by atoms with Gasteiger partial charge in [0.05, 0.1) is 29.8 Å². The van der Waals surface area contributed by atoms with E-state index < -0.39 is 5.91 Å². The summed E-state index contributed by atoms with van der Waals surface area (Å²) in [6.45, 7) is 1.93. The Morgan fingerprint density at radius 2 is 1.96 bits per heavy atom. The number of primary amides is 1. The molecule has 1 aromatic carbocycles. The topological polar surface area (TPSA) is 119 Å². The smallest absolute Gasteiger partial charge is 0.253 e. The molecule has 126 valence electrons. The lowest BCUT2D eigenvalue weighted by molar-refractivity contribution is -0.119. The maximum absolute atomic E-state index is 12.3. The molecular weight excluding hydrogens is 310 g/mol. The van der Waals surface area contributed by atoms with Gasteiger partial charge in [0.15, 0.2) is 0 Å². The highest BCUT2D eigenvalue weighted by molar-refractivity contribution is 5.97. The summed E-state index contributed by atoms with van der Waals surface area (Å²) in [5.41, 5.74) is 6.83. The number of para-hydroxylation sites is 1. The van der Waals surface area contributed by atoms with Crippen molar-refractivity contribution in [2.24, 2.45) is 5.73 Å². The maximum Gasteiger partial charge on any atom is 0.253 e. The number of imidazole rings is 1. The summed E-state index contributed by atoms with van der Waals surface area (Å²) in [4.78, 5) is 38.2. The average molecular weight is 329 g/mol. The molecule has 0 saturated heterocycles. The summed E-state index contributed by atoms with van der Waals surface area (Å²) in [6.07, 6.45) is 3.40. The van der Waals surface area contributed by atoms with Crippen molar-refractivity contribution in [3.63, 3.8) is 0 Å². The SMILES string of the molecule is CC(=O)NCc1cn(-c2ccccc2C(=O)NCCC(N)=O)cn1. The van der Waals surface area contributed by atoms with Gasteiger partial charge in [-0.3, -0.25) is 14.4 Å². The molecule has 1 aromatic heterocycles. The predicted octanol–water partition coefficient (Wildman–Crippen LogP) is 0.114. The van der Waals surface area contributed by atoms with Crippen LogP contribution in [0.3, 0.4) is 0 Å². The predicted molar refractivity (Wildman–Crippen MR) is 87.2 cm³/mol. The summed E-state index contributed by atoms with van der Waals surface area (Å²) in [7, 11) is 0. The minimum absolute atomic E-state index is 0.0832. The van der Waals surface area contributed by atoms with Crippen LogP contribution in [-0.4, -0.2) is 33.8 Å². The highest BCUT2D eigenvalue weighted by atomic mass is 16.2. The Labute approximate surface area is 139 Å². The van der Waals surface area contributed by atoms with Crippen LogP contribution in [0.1, 0.15) is 29.4 Å². The molecule has 8 heteroatoms. The Kier molecular flexibility index (Phi) is 5.67. The number of hydrogen-bond donors (Lipinski definition) is 3. The Hall–Kier alpha value is -3.16. The van der Waals surface area contributed by atoms with E-state index >= 15 is 0 Å². The number of carbonyl (C=O) groups is 3. The Morgan fingerprint density at radius 3 is 2.67 bits per heavy atom. The van der Waals surface area contributed by atoms with Crippen molar-refractivity contribution in [1.82, 2.24) is 20.2 Å². The largest absolute Gasteiger partial charge is 0.370 e. The van der Waals surface area contributed by atoms with Crippen LogP contribution in [0.15, 0.2) is 36.8 Å². The van der Waals surface area contributed by atoms with Gasteiger partial charge in [-0.1, -0.05) is 12.1 Å². The van der Waals surface area contributed by atoms with Crippen LogP contribution in [0, 0.1) is 0 Å². The third-order valence-electron chi connectivity index (χ3n) is 3.24. The number of nitrogens with one attached hydrogen (secondary N) is 2. The summed E-state index contributed by atoms with van der Waals surface area (Å²) in [5, 5.41) is 5.32. The number of benzene rings is 1. The van der Waals surface area contributed by atoms with E-state index in [2.05, 4.69) is 15.6 Å². The second-order valence-electron chi connectivity index (χ2n) is 5.17. The van der Waals surface area contributed by atoms with Gasteiger partial charge in [0.1, 0.15) is 0 Å². The highest BCUT2D eigenvalue weighted by Crippen LogP contribution is 2.15. The number of carbonyl (C=O) groups excluding carboxylic acids is 3. The van der Waals surface area contributed by atoms with Crippen molar-refractivity contribution < 1.29 is 14.4 Å². The number of aromatic nitrogens is 2. The number of nitrogens with zero attached hydrogens (tertiary/aromatic N) is 2. The Morgan fingerprint density at radius 1 is 1.21 bits per heavy atom. The van der Waals surface area contributed by atoms with Crippen molar-refractivity contribution >= 4 is 17.7 Å². The van der Waals surface area contributed by atoms with Crippen LogP contribution in [0.5, 0.6) is 0 Å². The quantitative estimate of drug-likeness (QED) is 0.668. The molecule has 0 aliphatic rings. The molecule has 0 aliphatic carbocycles. The first-order valence-electron chi connectivity index (χ1n) is 7.40. The normalized spacial score (nSPS) is 10.2. The molecule has 4 N–H and O–H groups in total. The molecule has 0 fully saturated rings. The van der Waals surface area contributed by atoms with E-state index in [1.165, 1.54) is 6.92 Å². The Balaban J connectivity index is 2.15. The monoisotopic (exact) mass is 329 g/mol. The molecule has 0 radical (unpaired) electrons. The van der Waals surface area contributed by atoms with E-state index in [9.17, 15) is 14.4 Å². The maximum atomic E-state index is 12.3. The molecule has 0 bridgehead atoms.